The number of nitrogens with one attached hydrogen (secondary N) is 1. The molecule has 0 aliphatic carbocycles. The molecule has 1 aromatic carbocycles. The third-order valence-corrected chi connectivity index (χ3v) is 5.08. The van der Waals surface area contributed by atoms with E-state index in [0.717, 1.165) is 16.1 Å². The lowest BCUT2D eigenvalue weighted by Gasteiger charge is -2.19. The molecule has 1 heterocycles. The van der Waals surface area contributed by atoms with Gasteiger partial charge in [0.1, 0.15) is 5.02 Å². The summed E-state index contributed by atoms with van der Waals surface area (Å²) in [6.07, 6.45) is 3.92. The van der Waals surface area contributed by atoms with Crippen LogP contribution in [-0.2, 0) is 0 Å². The number of rotatable bonds is 7. The third kappa shape index (κ3) is 4.58. The number of anilines is 1. The van der Waals surface area contributed by atoms with Gasteiger partial charge in [0.2, 0.25) is 0 Å². The Morgan fingerprint density at radius 1 is 1.33 bits per heavy atom. The number of hydrogen-bond donors (Lipinski definition) is 2. The maximum atomic E-state index is 12.1. The molecule has 0 radical (unpaired) electrons. The second-order valence-corrected chi connectivity index (χ2v) is 7.10. The van der Waals surface area contributed by atoms with Gasteiger partial charge in [0.05, 0.1) is 27.6 Å². The standard InChI is InChI=1S/C15H16Cl3N3O2S/c1-24-8-9(4-5-22)20-13-3-2-10(6-11(13)16)21-15(23)14(18)12(17)7-19-21/h2-3,6-7,9,20,22H,4-5,8H2,1H3. The van der Waals surface area contributed by atoms with Gasteiger partial charge in [0.15, 0.2) is 0 Å². The van der Waals surface area contributed by atoms with Crippen LogP contribution in [0, 0.1) is 0 Å². The lowest BCUT2D eigenvalue weighted by Crippen LogP contribution is -2.24. The number of halogens is 3. The van der Waals surface area contributed by atoms with Crippen LogP contribution in [0.2, 0.25) is 15.1 Å². The maximum absolute atomic E-state index is 12.1. The molecule has 5 nitrogen and oxygen atoms in total. The predicted octanol–water partition coefficient (Wildman–Crippen LogP) is 3.72. The summed E-state index contributed by atoms with van der Waals surface area (Å²) in [5.74, 6) is 0.840. The second-order valence-electron chi connectivity index (χ2n) is 5.00. The second kappa shape index (κ2) is 8.97. The molecule has 0 fully saturated rings. The van der Waals surface area contributed by atoms with Gasteiger partial charge in [-0.1, -0.05) is 34.8 Å². The molecule has 0 saturated heterocycles. The first-order valence-corrected chi connectivity index (χ1v) is 9.60. The maximum Gasteiger partial charge on any atom is 0.291 e. The van der Waals surface area contributed by atoms with Crippen molar-refractivity contribution < 1.29 is 5.11 Å². The molecule has 0 saturated carbocycles. The number of hydrogen-bond acceptors (Lipinski definition) is 5. The first-order chi connectivity index (χ1) is 11.5. The lowest BCUT2D eigenvalue weighted by molar-refractivity contribution is 0.282. The minimum absolute atomic E-state index is 0.0898. The zero-order chi connectivity index (χ0) is 17.7. The van der Waals surface area contributed by atoms with Crippen LogP contribution in [0.25, 0.3) is 5.69 Å². The molecule has 0 spiro atoms. The van der Waals surface area contributed by atoms with Crippen LogP contribution in [0.4, 0.5) is 5.69 Å². The molecule has 0 amide bonds. The fraction of sp³-hybridized carbons (Fsp3) is 0.333. The molecule has 9 heteroatoms. The van der Waals surface area contributed by atoms with Crippen LogP contribution in [0.3, 0.4) is 0 Å². The van der Waals surface area contributed by atoms with Crippen molar-refractivity contribution in [3.05, 3.63) is 49.8 Å². The molecule has 130 valence electrons. The fourth-order valence-corrected chi connectivity index (χ4v) is 3.26. The quantitative estimate of drug-likeness (QED) is 0.731. The predicted molar refractivity (Wildman–Crippen MR) is 102 cm³/mol. The highest BCUT2D eigenvalue weighted by molar-refractivity contribution is 7.98. The Kier molecular flexibility index (Phi) is 7.25. The van der Waals surface area contributed by atoms with E-state index in [1.54, 1.807) is 30.0 Å². The van der Waals surface area contributed by atoms with E-state index in [9.17, 15) is 4.79 Å². The molecule has 0 bridgehead atoms. The van der Waals surface area contributed by atoms with Gasteiger partial charge < -0.3 is 10.4 Å². The van der Waals surface area contributed by atoms with E-state index in [1.165, 1.54) is 6.20 Å². The van der Waals surface area contributed by atoms with Crippen LogP contribution in [-0.4, -0.2) is 39.5 Å². The molecular weight excluding hydrogens is 393 g/mol. The Bertz CT molecular complexity index is 764. The monoisotopic (exact) mass is 407 g/mol. The van der Waals surface area contributed by atoms with Crippen molar-refractivity contribution in [2.24, 2.45) is 0 Å². The molecule has 2 aromatic rings. The van der Waals surface area contributed by atoms with Gasteiger partial charge in [0, 0.05) is 18.4 Å². The van der Waals surface area contributed by atoms with Crippen LogP contribution >= 0.6 is 46.6 Å². The highest BCUT2D eigenvalue weighted by Crippen LogP contribution is 2.26. The van der Waals surface area contributed by atoms with E-state index < -0.39 is 5.56 Å². The average molecular weight is 409 g/mol. The molecule has 2 rings (SSSR count). The first-order valence-electron chi connectivity index (χ1n) is 7.07. The Morgan fingerprint density at radius 2 is 2.08 bits per heavy atom. The minimum atomic E-state index is -0.513. The fourth-order valence-electron chi connectivity index (χ4n) is 2.12. The summed E-state index contributed by atoms with van der Waals surface area (Å²) in [5.41, 5.74) is 0.695. The minimum Gasteiger partial charge on any atom is -0.396 e. The summed E-state index contributed by atoms with van der Waals surface area (Å²) in [7, 11) is 0. The van der Waals surface area contributed by atoms with E-state index in [4.69, 9.17) is 39.9 Å². The topological polar surface area (TPSA) is 67.2 Å². The Morgan fingerprint density at radius 3 is 2.71 bits per heavy atom. The summed E-state index contributed by atoms with van der Waals surface area (Å²) in [4.78, 5) is 12.1. The lowest BCUT2D eigenvalue weighted by atomic mass is 10.2. The number of nitrogens with zero attached hydrogens (tertiary/aromatic N) is 2. The Hall–Kier alpha value is -0.920. The molecular formula is C15H16Cl3N3O2S. The molecule has 0 aliphatic rings. The highest BCUT2D eigenvalue weighted by atomic mass is 35.5. The van der Waals surface area contributed by atoms with Gasteiger partial charge >= 0.3 is 0 Å². The van der Waals surface area contributed by atoms with E-state index in [0.29, 0.717) is 17.1 Å². The zero-order valence-corrected chi connectivity index (χ0v) is 15.9. The average Bonchev–Trinajstić information content (AvgIpc) is 2.55. The van der Waals surface area contributed by atoms with Gasteiger partial charge in [0.25, 0.3) is 5.56 Å². The van der Waals surface area contributed by atoms with Crippen molar-refractivity contribution >= 4 is 52.3 Å². The third-order valence-electron chi connectivity index (χ3n) is 3.28. The number of aliphatic hydroxyl groups excluding tert-OH is 1. The summed E-state index contributed by atoms with van der Waals surface area (Å²) in [6, 6.07) is 5.19. The van der Waals surface area contributed by atoms with E-state index >= 15 is 0 Å². The highest BCUT2D eigenvalue weighted by Gasteiger charge is 2.13. The van der Waals surface area contributed by atoms with Crippen LogP contribution in [0.5, 0.6) is 0 Å². The smallest absolute Gasteiger partial charge is 0.291 e. The summed E-state index contributed by atoms with van der Waals surface area (Å²) < 4.78 is 1.14. The Labute approximate surface area is 158 Å². The molecule has 1 unspecified atom stereocenters. The molecule has 1 atom stereocenters. The summed E-state index contributed by atoms with van der Waals surface area (Å²) in [6.45, 7) is 0.0938. The number of benzene rings is 1. The van der Waals surface area contributed by atoms with Crippen LogP contribution in [0.15, 0.2) is 29.2 Å². The summed E-state index contributed by atoms with van der Waals surface area (Å²) >= 11 is 19.6. The van der Waals surface area contributed by atoms with Crippen molar-refractivity contribution in [1.82, 2.24) is 9.78 Å². The normalized spacial score (nSPS) is 12.2. The molecule has 0 aliphatic heterocycles. The van der Waals surface area contributed by atoms with Gasteiger partial charge in [-0.05, 0) is 30.9 Å². The van der Waals surface area contributed by atoms with E-state index in [1.807, 2.05) is 6.26 Å². The Balaban J connectivity index is 2.30. The van der Waals surface area contributed by atoms with Gasteiger partial charge in [-0.2, -0.15) is 21.5 Å². The van der Waals surface area contributed by atoms with Crippen molar-refractivity contribution in [3.8, 4) is 5.69 Å². The van der Waals surface area contributed by atoms with Gasteiger partial charge in [-0.15, -0.1) is 0 Å². The van der Waals surface area contributed by atoms with Crippen molar-refractivity contribution in [2.75, 3.05) is 23.9 Å². The largest absolute Gasteiger partial charge is 0.396 e. The number of aromatic nitrogens is 2. The van der Waals surface area contributed by atoms with E-state index in [2.05, 4.69) is 10.4 Å². The first kappa shape index (κ1) is 19.4. The molecule has 1 aromatic heterocycles. The number of aliphatic hydroxyl groups is 1. The van der Waals surface area contributed by atoms with Crippen LogP contribution < -0.4 is 10.9 Å². The van der Waals surface area contributed by atoms with Crippen LogP contribution in [0.1, 0.15) is 6.42 Å². The van der Waals surface area contributed by atoms with Gasteiger partial charge in [-0.3, -0.25) is 4.79 Å². The van der Waals surface area contributed by atoms with Crippen molar-refractivity contribution in [2.45, 2.75) is 12.5 Å². The summed E-state index contributed by atoms with van der Waals surface area (Å²) in [5, 5.41) is 16.9. The van der Waals surface area contributed by atoms with E-state index in [-0.39, 0.29) is 22.7 Å². The molecule has 24 heavy (non-hydrogen) atoms. The van der Waals surface area contributed by atoms with Crippen molar-refractivity contribution in [3.63, 3.8) is 0 Å². The number of thioether (sulfide) groups is 1. The molecule has 2 N–H and O–H groups in total. The SMILES string of the molecule is CSCC(CCO)Nc1ccc(-n2ncc(Cl)c(Cl)c2=O)cc1Cl. The zero-order valence-electron chi connectivity index (χ0n) is 12.8. The van der Waals surface area contributed by atoms with Crippen molar-refractivity contribution in [1.29, 1.82) is 0 Å². The van der Waals surface area contributed by atoms with Gasteiger partial charge in [-0.25, -0.2) is 0 Å².